The summed E-state index contributed by atoms with van der Waals surface area (Å²) in [6, 6.07) is 9.68. The lowest BCUT2D eigenvalue weighted by Crippen LogP contribution is -2.46. The molecule has 2 amide bonds. The minimum atomic E-state index is -0.196. The summed E-state index contributed by atoms with van der Waals surface area (Å²) in [4.78, 5) is 37.6. The van der Waals surface area contributed by atoms with Crippen molar-refractivity contribution >= 4 is 40.3 Å². The molecule has 220 valence electrons. The average Bonchev–Trinajstić information content (AvgIpc) is 2.99. The van der Waals surface area contributed by atoms with Crippen molar-refractivity contribution in [3.05, 3.63) is 30.3 Å². The van der Waals surface area contributed by atoms with Gasteiger partial charge in [-0.3, -0.25) is 14.6 Å². The average molecular weight is 561 g/mol. The highest BCUT2D eigenvalue weighted by Crippen LogP contribution is 2.12. The van der Waals surface area contributed by atoms with Gasteiger partial charge in [0.25, 0.3) is 11.8 Å². The van der Waals surface area contributed by atoms with E-state index in [9.17, 15) is 9.59 Å². The summed E-state index contributed by atoms with van der Waals surface area (Å²) in [5.74, 6) is -0.362. The summed E-state index contributed by atoms with van der Waals surface area (Å²) >= 11 is 0. The Kier molecular flexibility index (Phi) is 14.1. The number of rotatable bonds is 9. The van der Waals surface area contributed by atoms with Crippen molar-refractivity contribution in [1.82, 2.24) is 15.2 Å². The number of nitrogens with one attached hydrogen (secondary N) is 1. The van der Waals surface area contributed by atoms with Crippen LogP contribution in [-0.4, -0.2) is 125 Å². The second-order valence-corrected chi connectivity index (χ2v) is 8.52. The highest BCUT2D eigenvalue weighted by molar-refractivity contribution is 6.66. The maximum atomic E-state index is 12.6. The van der Waals surface area contributed by atoms with E-state index < -0.39 is 0 Å². The Balaban J connectivity index is 0.000000294. The molecule has 2 saturated heterocycles. The van der Waals surface area contributed by atoms with Crippen LogP contribution < -0.4 is 10.4 Å². The van der Waals surface area contributed by atoms with Crippen LogP contribution in [0.25, 0.3) is 0 Å². The van der Waals surface area contributed by atoms with Crippen LogP contribution in [0.3, 0.4) is 0 Å². The molecule has 0 saturated carbocycles. The van der Waals surface area contributed by atoms with Gasteiger partial charge in [-0.1, -0.05) is 28.5 Å². The smallest absolute Gasteiger partial charge is 0.278 e. The van der Waals surface area contributed by atoms with Crippen LogP contribution in [0.1, 0.15) is 13.8 Å². The lowest BCUT2D eigenvalue weighted by atomic mass is 10.2. The largest absolute Gasteiger partial charge is 0.399 e. The van der Waals surface area contributed by atoms with Crippen molar-refractivity contribution in [3.8, 4) is 0 Å². The Bertz CT molecular complexity index is 1060. The molecule has 2 fully saturated rings. The van der Waals surface area contributed by atoms with E-state index >= 15 is 0 Å². The summed E-state index contributed by atoms with van der Waals surface area (Å²) < 4.78 is 10.5. The van der Waals surface area contributed by atoms with Gasteiger partial charge in [0.2, 0.25) is 0 Å². The molecule has 3 rings (SSSR count). The van der Waals surface area contributed by atoms with E-state index in [1.165, 1.54) is 14.2 Å². The molecule has 14 heteroatoms. The van der Waals surface area contributed by atoms with Crippen LogP contribution in [0.2, 0.25) is 0 Å². The van der Waals surface area contributed by atoms with E-state index in [4.69, 9.17) is 14.3 Å². The zero-order chi connectivity index (χ0) is 29.3. The van der Waals surface area contributed by atoms with Gasteiger partial charge in [0.15, 0.2) is 11.4 Å². The molecule has 1 aromatic carbocycles. The number of anilines is 1. The molecule has 0 bridgehead atoms. The molecule has 0 radical (unpaired) electrons. The highest BCUT2D eigenvalue weighted by atomic mass is 16.6. The second-order valence-electron chi connectivity index (χ2n) is 8.52. The summed E-state index contributed by atoms with van der Waals surface area (Å²) in [5.41, 5.74) is 4.92. The molecule has 0 aromatic heterocycles. The normalized spacial score (nSPS) is 16.9. The van der Waals surface area contributed by atoms with Crippen molar-refractivity contribution in [2.45, 2.75) is 13.8 Å². The first-order valence-corrected chi connectivity index (χ1v) is 12.9. The fourth-order valence-electron chi connectivity index (χ4n) is 3.73. The van der Waals surface area contributed by atoms with E-state index in [-0.39, 0.29) is 23.2 Å². The van der Waals surface area contributed by atoms with Gasteiger partial charge in [-0.05, 0) is 26.0 Å². The second kappa shape index (κ2) is 17.5. The Morgan fingerprint density at radius 1 is 0.825 bits per heavy atom. The maximum absolute atomic E-state index is 12.6. The van der Waals surface area contributed by atoms with Crippen LogP contribution in [0, 0.1) is 0 Å². The maximum Gasteiger partial charge on any atom is 0.278 e. The fraction of sp³-hybridized carbons (Fsp3) is 0.538. The van der Waals surface area contributed by atoms with Crippen LogP contribution in [0.5, 0.6) is 0 Å². The number of nitrogens with zero attached hydrogens (tertiary/aromatic N) is 7. The van der Waals surface area contributed by atoms with Crippen LogP contribution in [0.4, 0.5) is 5.69 Å². The number of carbonyl (C=O) groups excluding carboxylic acids is 2. The molecule has 2 aliphatic rings. The number of amides is 2. The molecule has 0 atom stereocenters. The first-order valence-electron chi connectivity index (χ1n) is 12.9. The van der Waals surface area contributed by atoms with E-state index in [0.717, 1.165) is 5.69 Å². The molecular weight excluding hydrogens is 520 g/mol. The molecule has 14 nitrogen and oxygen atoms in total. The fourth-order valence-corrected chi connectivity index (χ4v) is 3.73. The zero-order valence-electron chi connectivity index (χ0n) is 24.1. The lowest BCUT2D eigenvalue weighted by Gasteiger charge is -2.27. The number of benzene rings is 1. The Labute approximate surface area is 235 Å². The number of hydrazone groups is 2. The zero-order valence-corrected chi connectivity index (χ0v) is 24.1. The number of hydrogen-bond donors (Lipinski definition) is 1. The van der Waals surface area contributed by atoms with Crippen molar-refractivity contribution in [2.75, 3.05) is 85.9 Å². The molecule has 0 spiro atoms. The SMILES string of the molecule is CNN=C(C(=O)N1CCOCC1)C(C)=NOC.CON=C(C(=O)N1CCOCC1)C(C)=NN(C)c1ccccc1. The number of morpholine rings is 2. The molecule has 1 aromatic rings. The van der Waals surface area contributed by atoms with E-state index in [1.807, 2.05) is 37.4 Å². The van der Waals surface area contributed by atoms with Gasteiger partial charge in [0, 0.05) is 40.3 Å². The van der Waals surface area contributed by atoms with Gasteiger partial charge in [-0.25, -0.2) is 0 Å². The van der Waals surface area contributed by atoms with Gasteiger partial charge in [-0.15, -0.1) is 0 Å². The first-order chi connectivity index (χ1) is 19.3. The Morgan fingerprint density at radius 3 is 1.80 bits per heavy atom. The molecule has 2 aliphatic heterocycles. The van der Waals surface area contributed by atoms with E-state index in [2.05, 4.69) is 30.8 Å². The van der Waals surface area contributed by atoms with Crippen molar-refractivity contribution < 1.29 is 28.7 Å². The number of carbonyl (C=O) groups is 2. The molecule has 0 unspecified atom stereocenters. The van der Waals surface area contributed by atoms with Gasteiger partial charge < -0.3 is 34.4 Å². The van der Waals surface area contributed by atoms with Gasteiger partial charge in [0.05, 0.1) is 37.8 Å². The topological polar surface area (TPSA) is 142 Å². The minimum absolute atomic E-state index is 0.166. The quantitative estimate of drug-likeness (QED) is 0.345. The minimum Gasteiger partial charge on any atom is -0.399 e. The van der Waals surface area contributed by atoms with Gasteiger partial charge >= 0.3 is 0 Å². The van der Waals surface area contributed by atoms with E-state index in [0.29, 0.717) is 64.0 Å². The first kappa shape index (κ1) is 32.2. The van der Waals surface area contributed by atoms with Crippen LogP contribution in [-0.2, 0) is 28.7 Å². The highest BCUT2D eigenvalue weighted by Gasteiger charge is 2.26. The molecule has 0 aliphatic carbocycles. The summed E-state index contributed by atoms with van der Waals surface area (Å²) in [5, 5.41) is 17.7. The third-order valence-electron chi connectivity index (χ3n) is 5.75. The Morgan fingerprint density at radius 2 is 1.32 bits per heavy atom. The summed E-state index contributed by atoms with van der Waals surface area (Å²) in [6.07, 6.45) is 0. The third kappa shape index (κ3) is 9.93. The predicted molar refractivity (Wildman–Crippen MR) is 154 cm³/mol. The third-order valence-corrected chi connectivity index (χ3v) is 5.75. The van der Waals surface area contributed by atoms with Crippen LogP contribution >= 0.6 is 0 Å². The van der Waals surface area contributed by atoms with Crippen molar-refractivity contribution in [3.63, 3.8) is 0 Å². The molecule has 2 heterocycles. The molecular formula is C26H40N8O6. The number of ether oxygens (including phenoxy) is 2. The summed E-state index contributed by atoms with van der Waals surface area (Å²) in [6.45, 7) is 7.83. The standard InChI is InChI=1S/C16H22N4O3.C10H18N4O3/c1-13(17-19(2)14-7-5-4-6-8-14)15(18-22-3)16(21)20-9-11-23-12-10-20;1-8(13-16-3)9(12-11-2)10(15)14-4-6-17-7-5-14/h4-8H,9-12H2,1-3H3;11H,4-7H2,1-3H3. The van der Waals surface area contributed by atoms with Crippen molar-refractivity contribution in [2.24, 2.45) is 20.5 Å². The monoisotopic (exact) mass is 560 g/mol. The van der Waals surface area contributed by atoms with Gasteiger partial charge in [-0.2, -0.15) is 10.2 Å². The molecule has 40 heavy (non-hydrogen) atoms. The van der Waals surface area contributed by atoms with E-state index in [1.54, 1.807) is 35.7 Å². The number of para-hydroxylation sites is 1. The lowest BCUT2D eigenvalue weighted by molar-refractivity contribution is -0.128. The predicted octanol–water partition coefficient (Wildman–Crippen LogP) is 0.803. The van der Waals surface area contributed by atoms with Gasteiger partial charge in [0.1, 0.15) is 19.9 Å². The Hall–Kier alpha value is -4.04. The number of oxime groups is 2. The molecule has 1 N–H and O–H groups in total. The van der Waals surface area contributed by atoms with Crippen LogP contribution in [0.15, 0.2) is 50.8 Å². The van der Waals surface area contributed by atoms with Crippen molar-refractivity contribution in [1.29, 1.82) is 0 Å². The summed E-state index contributed by atoms with van der Waals surface area (Å²) in [7, 11) is 6.30. The number of hydrogen-bond acceptors (Lipinski definition) is 12.